The van der Waals surface area contributed by atoms with Crippen LogP contribution in [-0.4, -0.2) is 34.7 Å². The van der Waals surface area contributed by atoms with Gasteiger partial charge in [-0.15, -0.1) is 0 Å². The molecule has 0 aliphatic heterocycles. The molecular weight excluding hydrogens is 408 g/mol. The summed E-state index contributed by atoms with van der Waals surface area (Å²) in [4.78, 5) is 8.79. The van der Waals surface area contributed by atoms with Crippen molar-refractivity contribution in [3.8, 4) is 6.07 Å². The summed E-state index contributed by atoms with van der Waals surface area (Å²) in [6.07, 6.45) is 12.4. The van der Waals surface area contributed by atoms with E-state index in [1.807, 2.05) is 13.2 Å². The Kier molecular flexibility index (Phi) is 8.46. The van der Waals surface area contributed by atoms with Crippen LogP contribution in [0.1, 0.15) is 73.6 Å². The lowest BCUT2D eigenvalue weighted by atomic mass is 9.95. The van der Waals surface area contributed by atoms with Crippen LogP contribution in [0.5, 0.6) is 0 Å². The van der Waals surface area contributed by atoms with Crippen molar-refractivity contribution < 1.29 is 0 Å². The van der Waals surface area contributed by atoms with Crippen LogP contribution < -0.4 is 10.6 Å². The fourth-order valence-corrected chi connectivity index (χ4v) is 4.94. The topological polar surface area (TPSA) is 78.6 Å². The highest BCUT2D eigenvalue weighted by atomic mass is 15.1. The van der Waals surface area contributed by atoms with Gasteiger partial charge in [0.1, 0.15) is 11.7 Å². The van der Waals surface area contributed by atoms with E-state index in [0.29, 0.717) is 6.04 Å². The van der Waals surface area contributed by atoms with Crippen LogP contribution in [0, 0.1) is 11.3 Å². The minimum Gasteiger partial charge on any atom is -0.326 e. The van der Waals surface area contributed by atoms with Crippen molar-refractivity contribution in [2.45, 2.75) is 70.4 Å². The summed E-state index contributed by atoms with van der Waals surface area (Å²) in [7, 11) is 2.00. The molecule has 2 aromatic heterocycles. The van der Waals surface area contributed by atoms with Crippen molar-refractivity contribution in [3.05, 3.63) is 59.2 Å². The highest BCUT2D eigenvalue weighted by Crippen LogP contribution is 2.33. The fraction of sp³-hybridized carbons (Fsp3) is 0.519. The molecule has 0 spiro atoms. The summed E-state index contributed by atoms with van der Waals surface area (Å²) >= 11 is 0. The van der Waals surface area contributed by atoms with Crippen LogP contribution in [0.3, 0.4) is 0 Å². The normalized spacial score (nSPS) is 14.5. The monoisotopic (exact) mass is 444 g/mol. The van der Waals surface area contributed by atoms with E-state index in [1.165, 1.54) is 61.8 Å². The molecule has 2 N–H and O–H groups in total. The molecule has 2 heterocycles. The summed E-state index contributed by atoms with van der Waals surface area (Å²) < 4.78 is 2.42. The molecule has 174 valence electrons. The Morgan fingerprint density at radius 1 is 1.03 bits per heavy atom. The van der Waals surface area contributed by atoms with E-state index in [0.717, 1.165) is 43.5 Å². The van der Waals surface area contributed by atoms with E-state index in [-0.39, 0.29) is 5.82 Å². The van der Waals surface area contributed by atoms with Crippen molar-refractivity contribution in [3.63, 3.8) is 0 Å². The lowest BCUT2D eigenvalue weighted by Crippen LogP contribution is -2.17. The Balaban J connectivity index is 1.41. The molecule has 33 heavy (non-hydrogen) atoms. The van der Waals surface area contributed by atoms with Gasteiger partial charge in [-0.25, -0.2) is 9.97 Å². The van der Waals surface area contributed by atoms with Crippen LogP contribution in [0.25, 0.3) is 11.0 Å². The van der Waals surface area contributed by atoms with Crippen LogP contribution in [0.2, 0.25) is 0 Å². The number of hydrogen-bond donors (Lipinski definition) is 2. The van der Waals surface area contributed by atoms with Gasteiger partial charge in [0, 0.05) is 29.9 Å². The average Bonchev–Trinajstić information content (AvgIpc) is 3.23. The Hall–Kier alpha value is -2.75. The Bertz CT molecular complexity index is 1060. The zero-order valence-electron chi connectivity index (χ0n) is 19.8. The van der Waals surface area contributed by atoms with Crippen molar-refractivity contribution >= 4 is 11.0 Å². The van der Waals surface area contributed by atoms with Crippen molar-refractivity contribution in [2.75, 3.05) is 20.1 Å². The van der Waals surface area contributed by atoms with Gasteiger partial charge in [0.05, 0.1) is 0 Å². The molecule has 1 aromatic carbocycles. The SMILES string of the molecule is CNCCCCNCc1ccc(CCc2cc3cnc(C#N)nc3n2C2CCCCC2)cc1. The second-order valence-corrected chi connectivity index (χ2v) is 9.19. The smallest absolute Gasteiger partial charge is 0.234 e. The summed E-state index contributed by atoms with van der Waals surface area (Å²) in [6.45, 7) is 3.07. The number of benzene rings is 1. The van der Waals surface area contributed by atoms with Gasteiger partial charge in [-0.05, 0) is 75.9 Å². The van der Waals surface area contributed by atoms with E-state index in [9.17, 15) is 5.26 Å². The predicted molar refractivity (Wildman–Crippen MR) is 133 cm³/mol. The highest BCUT2D eigenvalue weighted by molar-refractivity contribution is 5.77. The highest BCUT2D eigenvalue weighted by Gasteiger charge is 2.21. The molecule has 0 bridgehead atoms. The van der Waals surface area contributed by atoms with Gasteiger partial charge in [0.25, 0.3) is 0 Å². The molecule has 0 atom stereocenters. The zero-order chi connectivity index (χ0) is 22.9. The summed E-state index contributed by atoms with van der Waals surface area (Å²) in [5.74, 6) is 0.260. The maximum Gasteiger partial charge on any atom is 0.234 e. The number of unbranched alkanes of at least 4 members (excludes halogenated alkanes) is 1. The molecular formula is C27H36N6. The van der Waals surface area contributed by atoms with Gasteiger partial charge in [-0.1, -0.05) is 43.5 Å². The van der Waals surface area contributed by atoms with Crippen molar-refractivity contribution in [2.24, 2.45) is 0 Å². The number of nitrogens with zero attached hydrogens (tertiary/aromatic N) is 4. The predicted octanol–water partition coefficient (Wildman–Crippen LogP) is 4.68. The molecule has 0 amide bonds. The molecule has 6 heteroatoms. The van der Waals surface area contributed by atoms with Gasteiger partial charge in [0.2, 0.25) is 5.82 Å². The van der Waals surface area contributed by atoms with E-state index in [1.54, 1.807) is 0 Å². The van der Waals surface area contributed by atoms with Gasteiger partial charge in [-0.2, -0.15) is 5.26 Å². The maximum absolute atomic E-state index is 9.29. The Morgan fingerprint density at radius 3 is 2.55 bits per heavy atom. The van der Waals surface area contributed by atoms with Gasteiger partial charge in [0.15, 0.2) is 0 Å². The number of nitriles is 1. The molecule has 6 nitrogen and oxygen atoms in total. The zero-order valence-corrected chi connectivity index (χ0v) is 19.8. The lowest BCUT2D eigenvalue weighted by Gasteiger charge is -2.26. The Morgan fingerprint density at radius 2 is 1.79 bits per heavy atom. The van der Waals surface area contributed by atoms with Crippen LogP contribution in [0.4, 0.5) is 0 Å². The van der Waals surface area contributed by atoms with E-state index < -0.39 is 0 Å². The third-order valence-electron chi connectivity index (χ3n) is 6.75. The molecule has 1 saturated carbocycles. The number of aryl methyl sites for hydroxylation is 2. The number of hydrogen-bond acceptors (Lipinski definition) is 5. The molecule has 4 rings (SSSR count). The van der Waals surface area contributed by atoms with Gasteiger partial charge in [-0.3, -0.25) is 0 Å². The minimum atomic E-state index is 0.260. The van der Waals surface area contributed by atoms with E-state index in [4.69, 9.17) is 0 Å². The first-order valence-corrected chi connectivity index (χ1v) is 12.5. The molecule has 1 aliphatic carbocycles. The number of aromatic nitrogens is 3. The first-order valence-electron chi connectivity index (χ1n) is 12.5. The molecule has 3 aromatic rings. The standard InChI is InChI=1S/C27H36N6/c1-29-15-5-6-16-30-19-22-11-9-21(10-12-22)13-14-25-17-23-20-31-26(18-28)32-27(23)33(25)24-7-3-2-4-8-24/h9-12,17,20,24,29-30H,2-8,13-16,19H2,1H3. The third kappa shape index (κ3) is 6.19. The summed E-state index contributed by atoms with van der Waals surface area (Å²) in [5, 5.41) is 17.1. The van der Waals surface area contributed by atoms with Crippen molar-refractivity contribution in [1.29, 1.82) is 5.26 Å². The number of rotatable bonds is 11. The van der Waals surface area contributed by atoms with E-state index in [2.05, 4.69) is 61.6 Å². The number of nitrogens with one attached hydrogen (secondary N) is 2. The molecule has 0 saturated heterocycles. The van der Waals surface area contributed by atoms with Crippen molar-refractivity contribution in [1.82, 2.24) is 25.2 Å². The minimum absolute atomic E-state index is 0.260. The first-order chi connectivity index (χ1) is 16.3. The second-order valence-electron chi connectivity index (χ2n) is 9.19. The van der Waals surface area contributed by atoms with Crippen LogP contribution in [-0.2, 0) is 19.4 Å². The fourth-order valence-electron chi connectivity index (χ4n) is 4.94. The van der Waals surface area contributed by atoms with Crippen LogP contribution in [0.15, 0.2) is 36.5 Å². The molecule has 1 aliphatic rings. The van der Waals surface area contributed by atoms with Gasteiger partial charge >= 0.3 is 0 Å². The summed E-state index contributed by atoms with van der Waals surface area (Å²) in [5.41, 5.74) is 4.94. The Labute approximate surface area is 197 Å². The third-order valence-corrected chi connectivity index (χ3v) is 6.75. The molecule has 0 radical (unpaired) electrons. The quantitative estimate of drug-likeness (QED) is 0.420. The number of fused-ring (bicyclic) bond motifs is 1. The van der Waals surface area contributed by atoms with E-state index >= 15 is 0 Å². The second kappa shape index (κ2) is 11.9. The average molecular weight is 445 g/mol. The van der Waals surface area contributed by atoms with Crippen LogP contribution >= 0.6 is 0 Å². The molecule has 0 unspecified atom stereocenters. The maximum atomic E-state index is 9.29. The lowest BCUT2D eigenvalue weighted by molar-refractivity contribution is 0.353. The van der Waals surface area contributed by atoms with Gasteiger partial charge < -0.3 is 15.2 Å². The summed E-state index contributed by atoms with van der Waals surface area (Å²) in [6, 6.07) is 13.8. The largest absolute Gasteiger partial charge is 0.326 e. The first kappa shape index (κ1) is 23.4. The molecule has 1 fully saturated rings.